The van der Waals surface area contributed by atoms with Gasteiger partial charge in [0.25, 0.3) is 0 Å². The summed E-state index contributed by atoms with van der Waals surface area (Å²) < 4.78 is 6.85. The van der Waals surface area contributed by atoms with Crippen molar-refractivity contribution in [2.75, 3.05) is 4.90 Å². The molecule has 0 amide bonds. The molecular weight excluding hydrogens is 621 g/mol. The van der Waals surface area contributed by atoms with E-state index in [-0.39, 0.29) is 5.41 Å². The summed E-state index contributed by atoms with van der Waals surface area (Å²) in [4.78, 5) is 6.89. The Morgan fingerprint density at radius 2 is 1.33 bits per heavy atom. The topological polar surface area (TPSA) is 29.3 Å². The summed E-state index contributed by atoms with van der Waals surface area (Å²) in [5, 5.41) is 3.54. The fourth-order valence-corrected chi connectivity index (χ4v) is 8.56. The smallest absolute Gasteiger partial charge is 0.137 e. The van der Waals surface area contributed by atoms with Crippen LogP contribution >= 0.6 is 0 Å². The highest BCUT2D eigenvalue weighted by Gasteiger charge is 2.36. The molecule has 0 spiro atoms. The monoisotopic (exact) mass is 656 g/mol. The van der Waals surface area contributed by atoms with E-state index in [1.54, 1.807) is 0 Å². The number of furan rings is 1. The predicted octanol–water partition coefficient (Wildman–Crippen LogP) is 12.8. The number of aryl methyl sites for hydroxylation is 1. The second-order valence-electron chi connectivity index (χ2n) is 14.3. The highest BCUT2D eigenvalue weighted by molar-refractivity contribution is 6.18. The third kappa shape index (κ3) is 4.62. The SMILES string of the molecule is CC1(C)c2ccccc2-c2ccc(N(c3ccc(-c4ccccc4)cc3)c3cc4oc5c(c4c4ccccc34)C(c3cccnc3)=CCC5)cc21. The fourth-order valence-electron chi connectivity index (χ4n) is 8.56. The van der Waals surface area contributed by atoms with Gasteiger partial charge >= 0.3 is 0 Å². The molecule has 2 heterocycles. The molecule has 0 saturated carbocycles. The molecule has 6 aromatic carbocycles. The number of hydrogen-bond acceptors (Lipinski definition) is 3. The minimum Gasteiger partial charge on any atom is -0.460 e. The second kappa shape index (κ2) is 11.4. The summed E-state index contributed by atoms with van der Waals surface area (Å²) in [6, 6.07) is 50.7. The molecule has 2 aliphatic carbocycles. The molecule has 0 radical (unpaired) electrons. The first-order valence-electron chi connectivity index (χ1n) is 17.8. The lowest BCUT2D eigenvalue weighted by Gasteiger charge is -2.29. The van der Waals surface area contributed by atoms with Crippen molar-refractivity contribution in [1.82, 2.24) is 4.98 Å². The number of aromatic nitrogens is 1. The Labute approximate surface area is 298 Å². The van der Waals surface area contributed by atoms with Gasteiger partial charge in [-0.15, -0.1) is 0 Å². The highest BCUT2D eigenvalue weighted by atomic mass is 16.3. The molecule has 2 aliphatic rings. The summed E-state index contributed by atoms with van der Waals surface area (Å²) >= 11 is 0. The number of pyridine rings is 1. The number of rotatable bonds is 5. The number of benzene rings is 6. The molecule has 0 saturated heterocycles. The van der Waals surface area contributed by atoms with Gasteiger partial charge in [-0.05, 0) is 81.1 Å². The molecule has 244 valence electrons. The third-order valence-corrected chi connectivity index (χ3v) is 11.0. The highest BCUT2D eigenvalue weighted by Crippen LogP contribution is 2.52. The van der Waals surface area contributed by atoms with E-state index in [1.807, 2.05) is 18.5 Å². The van der Waals surface area contributed by atoms with Crippen molar-refractivity contribution in [3.63, 3.8) is 0 Å². The van der Waals surface area contributed by atoms with E-state index in [0.717, 1.165) is 46.8 Å². The van der Waals surface area contributed by atoms with Gasteiger partial charge in [-0.3, -0.25) is 4.98 Å². The van der Waals surface area contributed by atoms with Crippen molar-refractivity contribution in [1.29, 1.82) is 0 Å². The molecule has 3 nitrogen and oxygen atoms in total. The average molecular weight is 657 g/mol. The molecular formula is C48H36N2O. The van der Waals surface area contributed by atoms with Crippen LogP contribution in [0.15, 0.2) is 162 Å². The van der Waals surface area contributed by atoms with Gasteiger partial charge in [0.15, 0.2) is 0 Å². The zero-order valence-corrected chi connectivity index (χ0v) is 28.7. The Balaban J connectivity index is 1.21. The van der Waals surface area contributed by atoms with Gasteiger partial charge in [-0.25, -0.2) is 0 Å². The number of allylic oxidation sites excluding steroid dienone is 1. The van der Waals surface area contributed by atoms with Gasteiger partial charge in [-0.2, -0.15) is 0 Å². The molecule has 0 atom stereocenters. The third-order valence-electron chi connectivity index (χ3n) is 11.0. The maximum Gasteiger partial charge on any atom is 0.137 e. The lowest BCUT2D eigenvalue weighted by Crippen LogP contribution is -2.16. The largest absolute Gasteiger partial charge is 0.460 e. The van der Waals surface area contributed by atoms with Crippen molar-refractivity contribution in [3.05, 3.63) is 186 Å². The Bertz CT molecular complexity index is 2650. The Hall–Kier alpha value is -6.19. The van der Waals surface area contributed by atoms with E-state index >= 15 is 0 Å². The van der Waals surface area contributed by atoms with E-state index in [4.69, 9.17) is 4.42 Å². The fraction of sp³-hybridized carbons (Fsp3) is 0.104. The summed E-state index contributed by atoms with van der Waals surface area (Å²) in [5.74, 6) is 1.05. The molecule has 8 aromatic rings. The number of fused-ring (bicyclic) bond motifs is 8. The number of nitrogens with zero attached hydrogens (tertiary/aromatic N) is 2. The van der Waals surface area contributed by atoms with E-state index in [1.165, 1.54) is 60.7 Å². The van der Waals surface area contributed by atoms with Crippen LogP contribution in [0.5, 0.6) is 0 Å². The zero-order chi connectivity index (χ0) is 34.1. The van der Waals surface area contributed by atoms with Crippen LogP contribution in [-0.4, -0.2) is 4.98 Å². The molecule has 2 aromatic heterocycles. The molecule has 10 rings (SSSR count). The van der Waals surface area contributed by atoms with E-state index < -0.39 is 0 Å². The van der Waals surface area contributed by atoms with Crippen molar-refractivity contribution < 1.29 is 4.42 Å². The van der Waals surface area contributed by atoms with Gasteiger partial charge in [0, 0.05) is 63.6 Å². The summed E-state index contributed by atoms with van der Waals surface area (Å²) in [7, 11) is 0. The molecule has 3 heteroatoms. The van der Waals surface area contributed by atoms with Crippen molar-refractivity contribution in [3.8, 4) is 22.3 Å². The molecule has 51 heavy (non-hydrogen) atoms. The Morgan fingerprint density at radius 1 is 0.627 bits per heavy atom. The molecule has 0 fully saturated rings. The predicted molar refractivity (Wildman–Crippen MR) is 211 cm³/mol. The molecule has 0 unspecified atom stereocenters. The van der Waals surface area contributed by atoms with Gasteiger partial charge in [0.2, 0.25) is 0 Å². The van der Waals surface area contributed by atoms with Crippen LogP contribution in [0.2, 0.25) is 0 Å². The minimum atomic E-state index is -0.119. The first-order chi connectivity index (χ1) is 25.1. The van der Waals surface area contributed by atoms with Crippen LogP contribution in [0.25, 0.3) is 49.6 Å². The van der Waals surface area contributed by atoms with Crippen LogP contribution in [-0.2, 0) is 11.8 Å². The van der Waals surface area contributed by atoms with Gasteiger partial charge < -0.3 is 9.32 Å². The van der Waals surface area contributed by atoms with Gasteiger partial charge in [0.05, 0.1) is 5.69 Å². The average Bonchev–Trinajstić information content (AvgIpc) is 3.68. The zero-order valence-electron chi connectivity index (χ0n) is 28.7. The molecule has 0 bridgehead atoms. The summed E-state index contributed by atoms with van der Waals surface area (Å²) in [6.07, 6.45) is 7.97. The van der Waals surface area contributed by atoms with Crippen molar-refractivity contribution in [2.24, 2.45) is 0 Å². The molecule has 0 aliphatic heterocycles. The first-order valence-corrected chi connectivity index (χ1v) is 17.8. The maximum absolute atomic E-state index is 6.85. The van der Waals surface area contributed by atoms with Crippen molar-refractivity contribution in [2.45, 2.75) is 32.1 Å². The second-order valence-corrected chi connectivity index (χ2v) is 14.3. The lowest BCUT2D eigenvalue weighted by molar-refractivity contribution is 0.545. The van der Waals surface area contributed by atoms with E-state index in [2.05, 4.69) is 163 Å². The van der Waals surface area contributed by atoms with Gasteiger partial charge in [-0.1, -0.05) is 123 Å². The van der Waals surface area contributed by atoms with Crippen molar-refractivity contribution >= 4 is 44.4 Å². The number of hydrogen-bond donors (Lipinski definition) is 0. The van der Waals surface area contributed by atoms with Crippen LogP contribution in [0, 0.1) is 0 Å². The standard InChI is InChI=1S/C48H36N2O/c1-48(2)41-19-9-8-15-37(41)38-26-25-35(28-42(38)48)50(34-23-21-32(22-24-34)31-12-4-3-5-13-31)43-29-45-47(40-17-7-6-16-39(40)43)46-36(18-10-20-44(46)51-45)33-14-11-27-49-30-33/h3-9,11-19,21-30H,10,20H2,1-2H3. The summed E-state index contributed by atoms with van der Waals surface area (Å²) in [5.41, 5.74) is 15.4. The van der Waals surface area contributed by atoms with E-state index in [9.17, 15) is 0 Å². The normalized spacial score (nSPS) is 14.2. The minimum absolute atomic E-state index is 0.119. The Kier molecular flexibility index (Phi) is 6.66. The lowest BCUT2D eigenvalue weighted by atomic mass is 9.82. The van der Waals surface area contributed by atoms with E-state index in [0.29, 0.717) is 0 Å². The van der Waals surface area contributed by atoms with Crippen LogP contribution in [0.3, 0.4) is 0 Å². The quantitative estimate of drug-likeness (QED) is 0.185. The van der Waals surface area contributed by atoms with Crippen LogP contribution < -0.4 is 4.90 Å². The van der Waals surface area contributed by atoms with Gasteiger partial charge in [0.1, 0.15) is 11.3 Å². The Morgan fingerprint density at radius 3 is 2.16 bits per heavy atom. The van der Waals surface area contributed by atoms with Crippen LogP contribution in [0.4, 0.5) is 17.1 Å². The van der Waals surface area contributed by atoms with Crippen LogP contribution in [0.1, 0.15) is 48.3 Å². The number of anilines is 3. The summed E-state index contributed by atoms with van der Waals surface area (Å²) in [6.45, 7) is 4.70. The molecule has 0 N–H and O–H groups in total. The maximum atomic E-state index is 6.85. The first kappa shape index (κ1) is 29.7.